The van der Waals surface area contributed by atoms with E-state index >= 15 is 0 Å². The number of carbonyl (C=O) groups excluding carboxylic acids is 2. The molecule has 5 heteroatoms. The van der Waals surface area contributed by atoms with Gasteiger partial charge in [-0.3, -0.25) is 14.5 Å². The van der Waals surface area contributed by atoms with E-state index in [4.69, 9.17) is 0 Å². The summed E-state index contributed by atoms with van der Waals surface area (Å²) in [6.45, 7) is 8.62. The van der Waals surface area contributed by atoms with E-state index in [-0.39, 0.29) is 17.9 Å². The monoisotopic (exact) mass is 367 g/mol. The van der Waals surface area contributed by atoms with E-state index in [9.17, 15) is 9.59 Å². The third-order valence-electron chi connectivity index (χ3n) is 4.65. The fourth-order valence-corrected chi connectivity index (χ4v) is 3.09. The van der Waals surface area contributed by atoms with Crippen molar-refractivity contribution in [2.24, 2.45) is 0 Å². The number of rotatable bonds is 9. The Hall–Kier alpha value is -2.66. The van der Waals surface area contributed by atoms with Crippen LogP contribution in [0.1, 0.15) is 48.3 Å². The molecule has 2 aromatic carbocycles. The molecular weight excluding hydrogens is 338 g/mol. The van der Waals surface area contributed by atoms with Crippen LogP contribution in [0, 0.1) is 0 Å². The lowest BCUT2D eigenvalue weighted by Gasteiger charge is -2.30. The third kappa shape index (κ3) is 6.22. The summed E-state index contributed by atoms with van der Waals surface area (Å²) in [6.07, 6.45) is 0. The molecule has 5 nitrogen and oxygen atoms in total. The topological polar surface area (TPSA) is 61.4 Å². The van der Waals surface area contributed by atoms with E-state index < -0.39 is 0 Å². The van der Waals surface area contributed by atoms with Crippen molar-refractivity contribution in [2.75, 3.05) is 19.6 Å². The molecule has 2 amide bonds. The van der Waals surface area contributed by atoms with Crippen molar-refractivity contribution in [3.8, 4) is 0 Å². The fourth-order valence-electron chi connectivity index (χ4n) is 3.09. The van der Waals surface area contributed by atoms with Crippen LogP contribution in [0.4, 0.5) is 0 Å². The summed E-state index contributed by atoms with van der Waals surface area (Å²) < 4.78 is 0. The first-order valence-corrected chi connectivity index (χ1v) is 9.45. The molecule has 0 radical (unpaired) electrons. The van der Waals surface area contributed by atoms with Crippen molar-refractivity contribution >= 4 is 11.8 Å². The molecule has 0 aliphatic heterocycles. The zero-order valence-corrected chi connectivity index (χ0v) is 16.4. The number of benzene rings is 2. The van der Waals surface area contributed by atoms with Crippen LogP contribution in [0.5, 0.6) is 0 Å². The van der Waals surface area contributed by atoms with Crippen LogP contribution in [0.25, 0.3) is 0 Å². The first-order chi connectivity index (χ1) is 13.0. The first-order valence-electron chi connectivity index (χ1n) is 9.45. The molecule has 2 aromatic rings. The molecule has 0 aliphatic rings. The van der Waals surface area contributed by atoms with Crippen molar-refractivity contribution in [2.45, 2.75) is 33.4 Å². The van der Waals surface area contributed by atoms with Crippen molar-refractivity contribution in [3.63, 3.8) is 0 Å². The lowest BCUT2D eigenvalue weighted by atomic mass is 10.0. The number of hydrogen-bond acceptors (Lipinski definition) is 3. The molecule has 0 heterocycles. The minimum absolute atomic E-state index is 0.0693. The predicted octanol–water partition coefficient (Wildman–Crippen LogP) is 3.14. The highest BCUT2D eigenvalue weighted by Gasteiger charge is 2.19. The minimum atomic E-state index is -0.0887. The van der Waals surface area contributed by atoms with E-state index in [1.165, 1.54) is 12.5 Å². The van der Waals surface area contributed by atoms with Gasteiger partial charge in [0.2, 0.25) is 5.91 Å². The van der Waals surface area contributed by atoms with Crippen LogP contribution in [-0.2, 0) is 11.3 Å². The van der Waals surface area contributed by atoms with Crippen molar-refractivity contribution in [1.82, 2.24) is 15.5 Å². The maximum Gasteiger partial charge on any atom is 0.251 e. The molecule has 0 spiro atoms. The summed E-state index contributed by atoms with van der Waals surface area (Å²) in [4.78, 5) is 25.9. The Kier molecular flexibility index (Phi) is 8.01. The Morgan fingerprint density at radius 2 is 1.56 bits per heavy atom. The summed E-state index contributed by atoms with van der Waals surface area (Å²) >= 11 is 0. The summed E-state index contributed by atoms with van der Waals surface area (Å²) in [7, 11) is 0. The molecule has 144 valence electrons. The number of nitrogens with zero attached hydrogens (tertiary/aromatic N) is 1. The van der Waals surface area contributed by atoms with Crippen LogP contribution in [0.3, 0.4) is 0 Å². The number of nitrogens with one attached hydrogen (secondary N) is 2. The normalized spacial score (nSPS) is 11.9. The number of carbonyl (C=O) groups is 2. The Balaban J connectivity index is 2.01. The Bertz CT molecular complexity index is 725. The van der Waals surface area contributed by atoms with Gasteiger partial charge >= 0.3 is 0 Å². The Labute approximate surface area is 161 Å². The van der Waals surface area contributed by atoms with Gasteiger partial charge in [-0.25, -0.2) is 0 Å². The second-order valence-electron chi connectivity index (χ2n) is 6.46. The standard InChI is InChI=1S/C22H29N3O2/c1-4-25(5-2)21(19-9-7-6-8-10-19)16-24-22(27)20-13-11-18(12-14-20)15-23-17(3)26/h6-14,21H,4-5,15-16H2,1-3H3,(H,23,26)(H,24,27). The highest BCUT2D eigenvalue weighted by Crippen LogP contribution is 2.19. The van der Waals surface area contributed by atoms with Crippen LogP contribution in [0.2, 0.25) is 0 Å². The molecule has 0 bridgehead atoms. The number of likely N-dealkylation sites (N-methyl/N-ethyl adjacent to an activating group) is 1. The van der Waals surface area contributed by atoms with Crippen LogP contribution >= 0.6 is 0 Å². The minimum Gasteiger partial charge on any atom is -0.352 e. The second-order valence-corrected chi connectivity index (χ2v) is 6.46. The van der Waals surface area contributed by atoms with Gasteiger partial charge < -0.3 is 10.6 Å². The van der Waals surface area contributed by atoms with Gasteiger partial charge in [0.05, 0.1) is 6.04 Å². The molecule has 0 saturated heterocycles. The molecule has 0 aliphatic carbocycles. The van der Waals surface area contributed by atoms with Gasteiger partial charge in [-0.15, -0.1) is 0 Å². The zero-order chi connectivity index (χ0) is 19.6. The van der Waals surface area contributed by atoms with Gasteiger partial charge in [-0.1, -0.05) is 56.3 Å². The van der Waals surface area contributed by atoms with Gasteiger partial charge in [0.15, 0.2) is 0 Å². The van der Waals surface area contributed by atoms with E-state index in [0.717, 1.165) is 18.7 Å². The van der Waals surface area contributed by atoms with Crippen molar-refractivity contribution in [1.29, 1.82) is 0 Å². The molecule has 0 saturated carbocycles. The van der Waals surface area contributed by atoms with Crippen molar-refractivity contribution < 1.29 is 9.59 Å². The van der Waals surface area contributed by atoms with Gasteiger partial charge in [0.1, 0.15) is 0 Å². The highest BCUT2D eigenvalue weighted by molar-refractivity contribution is 5.94. The molecule has 0 aromatic heterocycles. The molecule has 0 fully saturated rings. The highest BCUT2D eigenvalue weighted by atomic mass is 16.2. The summed E-state index contributed by atoms with van der Waals surface area (Å²) in [5.41, 5.74) is 2.78. The smallest absolute Gasteiger partial charge is 0.251 e. The average molecular weight is 367 g/mol. The Morgan fingerprint density at radius 3 is 2.11 bits per heavy atom. The SMILES string of the molecule is CCN(CC)C(CNC(=O)c1ccc(CNC(C)=O)cc1)c1ccccc1. The molecule has 2 N–H and O–H groups in total. The maximum atomic E-state index is 12.6. The average Bonchev–Trinajstić information content (AvgIpc) is 2.70. The summed E-state index contributed by atoms with van der Waals surface area (Å²) in [5, 5.41) is 5.82. The summed E-state index contributed by atoms with van der Waals surface area (Å²) in [6, 6.07) is 17.7. The van der Waals surface area contributed by atoms with Gasteiger partial charge in [-0.05, 0) is 36.3 Å². The van der Waals surface area contributed by atoms with E-state index in [0.29, 0.717) is 18.7 Å². The van der Waals surface area contributed by atoms with E-state index in [1.807, 2.05) is 30.3 Å². The quantitative estimate of drug-likeness (QED) is 0.716. The molecule has 2 rings (SSSR count). The molecule has 27 heavy (non-hydrogen) atoms. The van der Waals surface area contributed by atoms with Crippen molar-refractivity contribution in [3.05, 3.63) is 71.3 Å². The third-order valence-corrected chi connectivity index (χ3v) is 4.65. The lowest BCUT2D eigenvalue weighted by molar-refractivity contribution is -0.119. The maximum absolute atomic E-state index is 12.6. The van der Waals surface area contributed by atoms with Gasteiger partial charge in [0, 0.05) is 25.6 Å². The molecular formula is C22H29N3O2. The second kappa shape index (κ2) is 10.5. The number of hydrogen-bond donors (Lipinski definition) is 2. The van der Waals surface area contributed by atoms with Gasteiger partial charge in [0.25, 0.3) is 5.91 Å². The number of amides is 2. The van der Waals surface area contributed by atoms with E-state index in [2.05, 4.69) is 41.5 Å². The summed E-state index contributed by atoms with van der Waals surface area (Å²) in [5.74, 6) is -0.158. The van der Waals surface area contributed by atoms with Crippen LogP contribution in [-0.4, -0.2) is 36.3 Å². The van der Waals surface area contributed by atoms with Crippen LogP contribution in [0.15, 0.2) is 54.6 Å². The predicted molar refractivity (Wildman–Crippen MR) is 108 cm³/mol. The van der Waals surface area contributed by atoms with E-state index in [1.54, 1.807) is 12.1 Å². The molecule has 1 atom stereocenters. The first kappa shape index (κ1) is 20.6. The lowest BCUT2D eigenvalue weighted by Crippen LogP contribution is -2.38. The van der Waals surface area contributed by atoms with Crippen LogP contribution < -0.4 is 10.6 Å². The fraction of sp³-hybridized carbons (Fsp3) is 0.364. The largest absolute Gasteiger partial charge is 0.352 e. The molecule has 1 unspecified atom stereocenters. The van der Waals surface area contributed by atoms with Gasteiger partial charge in [-0.2, -0.15) is 0 Å². The Morgan fingerprint density at radius 1 is 0.926 bits per heavy atom. The zero-order valence-electron chi connectivity index (χ0n) is 16.4.